The Balaban J connectivity index is 1.56. The van der Waals surface area contributed by atoms with E-state index in [4.69, 9.17) is 40.2 Å². The van der Waals surface area contributed by atoms with E-state index in [1.54, 1.807) is 31.4 Å². The number of anilines is 1. The number of benzene rings is 3. The van der Waals surface area contributed by atoms with Gasteiger partial charge in [0.1, 0.15) is 11.6 Å². The quantitative estimate of drug-likeness (QED) is 0.223. The minimum atomic E-state index is -0.351. The van der Waals surface area contributed by atoms with E-state index in [0.717, 1.165) is 17.7 Å². The van der Waals surface area contributed by atoms with E-state index in [1.165, 1.54) is 17.7 Å². The molecule has 3 aromatic carbocycles. The highest BCUT2D eigenvalue weighted by molar-refractivity contribution is 7.80. The number of halogens is 3. The van der Waals surface area contributed by atoms with Crippen molar-refractivity contribution in [2.24, 2.45) is 0 Å². The highest BCUT2D eigenvalue weighted by atomic mass is 35.5. The Morgan fingerprint density at radius 2 is 1.83 bits per heavy atom. The molecule has 0 radical (unpaired) electrons. The Kier molecular flexibility index (Phi) is 8.86. The second kappa shape index (κ2) is 12.3. The van der Waals surface area contributed by atoms with Gasteiger partial charge in [-0.25, -0.2) is 4.39 Å². The first kappa shape index (κ1) is 26.0. The van der Waals surface area contributed by atoms with E-state index in [-0.39, 0.29) is 5.82 Å². The molecule has 1 N–H and O–H groups in total. The second-order valence-corrected chi connectivity index (χ2v) is 9.53. The van der Waals surface area contributed by atoms with Gasteiger partial charge < -0.3 is 19.5 Å². The maximum atomic E-state index is 13.5. The fraction of sp³-hybridized carbons (Fsp3) is 0.179. The summed E-state index contributed by atoms with van der Waals surface area (Å²) in [6.45, 7) is 1.78. The van der Waals surface area contributed by atoms with E-state index >= 15 is 0 Å². The van der Waals surface area contributed by atoms with Gasteiger partial charge >= 0.3 is 0 Å². The van der Waals surface area contributed by atoms with Gasteiger partial charge in [0.2, 0.25) is 0 Å². The lowest BCUT2D eigenvalue weighted by atomic mass is 10.1. The predicted octanol–water partition coefficient (Wildman–Crippen LogP) is 7.43. The lowest BCUT2D eigenvalue weighted by Gasteiger charge is -2.27. The maximum absolute atomic E-state index is 13.5. The van der Waals surface area contributed by atoms with Gasteiger partial charge in [0.05, 0.1) is 19.3 Å². The molecule has 0 saturated carbocycles. The van der Waals surface area contributed by atoms with Crippen molar-refractivity contribution in [3.05, 3.63) is 118 Å². The number of hydrogen-bond acceptors (Lipinski definition) is 2. The van der Waals surface area contributed by atoms with Crippen LogP contribution >= 0.6 is 35.4 Å². The normalized spacial score (nSPS) is 10.8. The first-order valence-electron chi connectivity index (χ1n) is 11.4. The fourth-order valence-electron chi connectivity index (χ4n) is 3.91. The van der Waals surface area contributed by atoms with E-state index < -0.39 is 0 Å². The first-order valence-corrected chi connectivity index (χ1v) is 12.6. The number of aromatic nitrogens is 1. The SMILES string of the molecule is COc1ccc(Cl)cc1NC(=S)N(CCc1ccccc1)Cc1cccn1Cc1ccc(F)cc1Cl. The molecule has 1 heterocycles. The van der Waals surface area contributed by atoms with Crippen molar-refractivity contribution in [1.29, 1.82) is 0 Å². The number of rotatable bonds is 9. The first-order chi connectivity index (χ1) is 17.4. The molecule has 0 fully saturated rings. The molecule has 0 atom stereocenters. The topological polar surface area (TPSA) is 29.4 Å². The molecule has 0 aliphatic carbocycles. The minimum Gasteiger partial charge on any atom is -0.495 e. The van der Waals surface area contributed by atoms with Crippen LogP contribution in [0, 0.1) is 5.82 Å². The van der Waals surface area contributed by atoms with Crippen LogP contribution in [0.15, 0.2) is 85.1 Å². The van der Waals surface area contributed by atoms with Crippen molar-refractivity contribution in [2.75, 3.05) is 19.0 Å². The van der Waals surface area contributed by atoms with E-state index in [1.807, 2.05) is 30.5 Å². The van der Waals surface area contributed by atoms with Crippen LogP contribution in [-0.2, 0) is 19.5 Å². The molecule has 186 valence electrons. The largest absolute Gasteiger partial charge is 0.495 e. The van der Waals surface area contributed by atoms with Crippen molar-refractivity contribution in [3.8, 4) is 5.75 Å². The van der Waals surface area contributed by atoms with E-state index in [9.17, 15) is 4.39 Å². The third kappa shape index (κ3) is 6.78. The molecule has 36 heavy (non-hydrogen) atoms. The fourth-order valence-corrected chi connectivity index (χ4v) is 4.57. The molecule has 4 rings (SSSR count). The van der Waals surface area contributed by atoms with Crippen molar-refractivity contribution in [3.63, 3.8) is 0 Å². The summed E-state index contributed by atoms with van der Waals surface area (Å²) in [5, 5.41) is 4.85. The van der Waals surface area contributed by atoms with Gasteiger partial charge in [-0.1, -0.05) is 59.6 Å². The monoisotopic (exact) mass is 541 g/mol. The van der Waals surface area contributed by atoms with Crippen LogP contribution < -0.4 is 10.1 Å². The zero-order valence-electron chi connectivity index (χ0n) is 19.8. The van der Waals surface area contributed by atoms with Crippen LogP contribution in [0.3, 0.4) is 0 Å². The molecule has 0 unspecified atom stereocenters. The van der Waals surface area contributed by atoms with Gasteiger partial charge in [-0.05, 0) is 72.2 Å². The van der Waals surface area contributed by atoms with Crippen molar-refractivity contribution < 1.29 is 9.13 Å². The van der Waals surface area contributed by atoms with Gasteiger partial charge in [-0.3, -0.25) is 0 Å². The van der Waals surface area contributed by atoms with Crippen LogP contribution in [0.1, 0.15) is 16.8 Å². The summed E-state index contributed by atoms with van der Waals surface area (Å²) in [6.07, 6.45) is 2.81. The van der Waals surface area contributed by atoms with Gasteiger partial charge in [0.15, 0.2) is 5.11 Å². The summed E-state index contributed by atoms with van der Waals surface area (Å²) in [7, 11) is 1.61. The smallest absolute Gasteiger partial charge is 0.173 e. The average Bonchev–Trinajstić information content (AvgIpc) is 3.30. The average molecular weight is 543 g/mol. The van der Waals surface area contributed by atoms with Crippen LogP contribution in [0.4, 0.5) is 10.1 Å². The number of nitrogens with zero attached hydrogens (tertiary/aromatic N) is 2. The molecule has 0 aliphatic heterocycles. The Labute approximate surface area is 226 Å². The lowest BCUT2D eigenvalue weighted by molar-refractivity contribution is 0.407. The Bertz CT molecular complexity index is 1330. The van der Waals surface area contributed by atoms with Gasteiger partial charge in [0.25, 0.3) is 0 Å². The molecule has 0 aliphatic rings. The Morgan fingerprint density at radius 1 is 1.03 bits per heavy atom. The molecular weight excluding hydrogens is 516 g/mol. The number of nitrogens with one attached hydrogen (secondary N) is 1. The molecule has 4 aromatic rings. The highest BCUT2D eigenvalue weighted by Crippen LogP contribution is 2.28. The summed E-state index contributed by atoms with van der Waals surface area (Å²) < 4.78 is 21.1. The summed E-state index contributed by atoms with van der Waals surface area (Å²) in [4.78, 5) is 2.11. The summed E-state index contributed by atoms with van der Waals surface area (Å²) in [5.41, 5.74) is 3.81. The number of ether oxygens (including phenoxy) is 1. The minimum absolute atomic E-state index is 0.351. The van der Waals surface area contributed by atoms with Gasteiger partial charge in [-0.15, -0.1) is 0 Å². The maximum Gasteiger partial charge on any atom is 0.173 e. The standard InChI is InChI=1S/C28H26Cl2FN3OS/c1-35-27-12-10-22(29)16-26(27)32-28(36)34(15-13-20-6-3-2-4-7-20)19-24-8-5-14-33(24)18-21-9-11-23(31)17-25(21)30/h2-12,14,16-17H,13,15,18-19H2,1H3,(H,32,36). The third-order valence-electron chi connectivity index (χ3n) is 5.84. The highest BCUT2D eigenvalue weighted by Gasteiger charge is 2.16. The predicted molar refractivity (Wildman–Crippen MR) is 150 cm³/mol. The van der Waals surface area contributed by atoms with Crippen molar-refractivity contribution in [1.82, 2.24) is 9.47 Å². The third-order valence-corrected chi connectivity index (χ3v) is 6.78. The van der Waals surface area contributed by atoms with Crippen molar-refractivity contribution >= 4 is 46.2 Å². The van der Waals surface area contributed by atoms with E-state index in [2.05, 4.69) is 33.0 Å². The van der Waals surface area contributed by atoms with Gasteiger partial charge in [0, 0.05) is 35.0 Å². The molecule has 8 heteroatoms. The lowest BCUT2D eigenvalue weighted by Crippen LogP contribution is -2.36. The Hall–Kier alpha value is -3.06. The zero-order valence-corrected chi connectivity index (χ0v) is 22.1. The Morgan fingerprint density at radius 3 is 2.58 bits per heavy atom. The molecule has 0 amide bonds. The molecule has 0 saturated heterocycles. The van der Waals surface area contributed by atoms with E-state index in [0.29, 0.717) is 46.2 Å². The number of methoxy groups -OCH3 is 1. The number of hydrogen-bond donors (Lipinski definition) is 1. The summed E-state index contributed by atoms with van der Waals surface area (Å²) in [5.74, 6) is 0.301. The van der Waals surface area contributed by atoms with Crippen LogP contribution in [-0.4, -0.2) is 28.2 Å². The molecule has 1 aromatic heterocycles. The number of thiocarbonyl (C=S) groups is 1. The summed E-state index contributed by atoms with van der Waals surface area (Å²) in [6, 6.07) is 24.2. The molecule has 0 bridgehead atoms. The molecular formula is C28H26Cl2FN3OS. The summed E-state index contributed by atoms with van der Waals surface area (Å²) >= 11 is 18.4. The zero-order chi connectivity index (χ0) is 25.5. The van der Waals surface area contributed by atoms with Crippen molar-refractivity contribution in [2.45, 2.75) is 19.5 Å². The second-order valence-electron chi connectivity index (χ2n) is 8.30. The van der Waals surface area contributed by atoms with Crippen LogP contribution in [0.25, 0.3) is 0 Å². The molecule has 4 nitrogen and oxygen atoms in total. The van der Waals surface area contributed by atoms with Gasteiger partial charge in [-0.2, -0.15) is 0 Å². The van der Waals surface area contributed by atoms with Crippen LogP contribution in [0.5, 0.6) is 5.75 Å². The molecule has 0 spiro atoms. The van der Waals surface area contributed by atoms with Crippen LogP contribution in [0.2, 0.25) is 10.0 Å².